The molecular formula is C16H24N4O. The molecule has 2 aliphatic rings. The third-order valence-electron chi connectivity index (χ3n) is 4.18. The fraction of sp³-hybridized carbons (Fsp3) is 0.562. The number of hydrogen-bond acceptors (Lipinski definition) is 4. The maximum atomic E-state index is 12.1. The van der Waals surface area contributed by atoms with E-state index in [1.54, 1.807) is 0 Å². The van der Waals surface area contributed by atoms with Crippen molar-refractivity contribution in [1.82, 2.24) is 10.2 Å². The van der Waals surface area contributed by atoms with Crippen molar-refractivity contribution in [2.75, 3.05) is 56.0 Å². The van der Waals surface area contributed by atoms with E-state index in [0.717, 1.165) is 45.0 Å². The Morgan fingerprint density at radius 3 is 2.67 bits per heavy atom. The van der Waals surface area contributed by atoms with Gasteiger partial charge in [-0.2, -0.15) is 0 Å². The first-order valence-corrected chi connectivity index (χ1v) is 7.89. The molecule has 2 fully saturated rings. The highest BCUT2D eigenvalue weighted by Crippen LogP contribution is 2.23. The number of carbonyl (C=O) groups excluding carboxylic acids is 1. The van der Waals surface area contributed by atoms with E-state index in [1.807, 2.05) is 12.1 Å². The maximum absolute atomic E-state index is 12.1. The van der Waals surface area contributed by atoms with Gasteiger partial charge in [0.2, 0.25) is 5.91 Å². The highest BCUT2D eigenvalue weighted by Gasteiger charge is 2.15. The van der Waals surface area contributed by atoms with E-state index in [0.29, 0.717) is 6.54 Å². The summed E-state index contributed by atoms with van der Waals surface area (Å²) in [7, 11) is 0. The smallest absolute Gasteiger partial charge is 0.238 e. The number of nitrogens with zero attached hydrogens (tertiary/aromatic N) is 2. The van der Waals surface area contributed by atoms with Crippen molar-refractivity contribution < 1.29 is 4.79 Å². The molecule has 1 amide bonds. The molecule has 0 aliphatic carbocycles. The summed E-state index contributed by atoms with van der Waals surface area (Å²) < 4.78 is 0. The van der Waals surface area contributed by atoms with Crippen LogP contribution in [0.4, 0.5) is 11.4 Å². The summed E-state index contributed by atoms with van der Waals surface area (Å²) in [5, 5.41) is 6.32. The van der Waals surface area contributed by atoms with E-state index in [1.165, 1.54) is 18.5 Å². The predicted octanol–water partition coefficient (Wildman–Crippen LogP) is 1.13. The average Bonchev–Trinajstić information content (AvgIpc) is 3.02. The second-order valence-corrected chi connectivity index (χ2v) is 5.82. The van der Waals surface area contributed by atoms with Crippen LogP contribution in [-0.4, -0.2) is 56.6 Å². The lowest BCUT2D eigenvalue weighted by atomic mass is 10.2. The lowest BCUT2D eigenvalue weighted by Gasteiger charge is -2.26. The molecular weight excluding hydrogens is 264 g/mol. The van der Waals surface area contributed by atoms with Gasteiger partial charge in [0, 0.05) is 50.6 Å². The molecule has 2 saturated heterocycles. The van der Waals surface area contributed by atoms with E-state index in [4.69, 9.17) is 0 Å². The van der Waals surface area contributed by atoms with Gasteiger partial charge in [-0.3, -0.25) is 9.69 Å². The number of piperazine rings is 1. The zero-order valence-electron chi connectivity index (χ0n) is 12.5. The van der Waals surface area contributed by atoms with Gasteiger partial charge >= 0.3 is 0 Å². The van der Waals surface area contributed by atoms with Gasteiger partial charge in [0.1, 0.15) is 0 Å². The molecule has 0 bridgehead atoms. The van der Waals surface area contributed by atoms with Gasteiger partial charge in [-0.25, -0.2) is 0 Å². The summed E-state index contributed by atoms with van der Waals surface area (Å²) in [4.78, 5) is 16.7. The van der Waals surface area contributed by atoms with Crippen LogP contribution in [0.3, 0.4) is 0 Å². The van der Waals surface area contributed by atoms with Gasteiger partial charge in [0.15, 0.2) is 0 Å². The molecule has 2 N–H and O–H groups in total. The van der Waals surface area contributed by atoms with Gasteiger partial charge < -0.3 is 15.5 Å². The van der Waals surface area contributed by atoms with Crippen LogP contribution in [0.1, 0.15) is 12.8 Å². The van der Waals surface area contributed by atoms with Crippen LogP contribution < -0.4 is 15.5 Å². The second kappa shape index (κ2) is 6.91. The van der Waals surface area contributed by atoms with Crippen LogP contribution in [0.5, 0.6) is 0 Å². The Morgan fingerprint density at radius 1 is 1.14 bits per heavy atom. The molecule has 1 aromatic carbocycles. The third kappa shape index (κ3) is 3.95. The van der Waals surface area contributed by atoms with Gasteiger partial charge in [-0.1, -0.05) is 6.07 Å². The quantitative estimate of drug-likeness (QED) is 0.872. The molecule has 2 heterocycles. The second-order valence-electron chi connectivity index (χ2n) is 5.82. The Hall–Kier alpha value is -1.59. The molecule has 0 unspecified atom stereocenters. The first kappa shape index (κ1) is 14.4. The topological polar surface area (TPSA) is 47.6 Å². The molecule has 114 valence electrons. The first-order chi connectivity index (χ1) is 10.3. The van der Waals surface area contributed by atoms with Crippen molar-refractivity contribution >= 4 is 17.3 Å². The minimum Gasteiger partial charge on any atom is -0.371 e. The Balaban J connectivity index is 1.56. The van der Waals surface area contributed by atoms with E-state index in [9.17, 15) is 4.79 Å². The van der Waals surface area contributed by atoms with Crippen molar-refractivity contribution in [3.8, 4) is 0 Å². The Bertz CT molecular complexity index is 479. The van der Waals surface area contributed by atoms with Crippen LogP contribution in [0.15, 0.2) is 24.3 Å². The number of anilines is 2. The lowest BCUT2D eigenvalue weighted by molar-refractivity contribution is -0.117. The first-order valence-electron chi connectivity index (χ1n) is 7.89. The van der Waals surface area contributed by atoms with E-state index in [2.05, 4.69) is 32.6 Å². The summed E-state index contributed by atoms with van der Waals surface area (Å²) in [5.41, 5.74) is 2.12. The molecule has 5 heteroatoms. The Morgan fingerprint density at radius 2 is 1.90 bits per heavy atom. The summed E-state index contributed by atoms with van der Waals surface area (Å²) >= 11 is 0. The standard InChI is InChI=1S/C16H24N4O/c21-16(13-19-10-6-17-7-11-19)18-14-4-3-5-15(12-14)20-8-1-2-9-20/h3-5,12,17H,1-2,6-11,13H2,(H,18,21). The highest BCUT2D eigenvalue weighted by molar-refractivity contribution is 5.92. The third-order valence-corrected chi connectivity index (χ3v) is 4.18. The van der Waals surface area contributed by atoms with E-state index in [-0.39, 0.29) is 5.91 Å². The van der Waals surface area contributed by atoms with Crippen LogP contribution in [0.2, 0.25) is 0 Å². The summed E-state index contributed by atoms with van der Waals surface area (Å²) in [6.45, 7) is 6.56. The van der Waals surface area contributed by atoms with Crippen LogP contribution in [0.25, 0.3) is 0 Å². The molecule has 0 spiro atoms. The molecule has 0 aromatic heterocycles. The number of carbonyl (C=O) groups is 1. The summed E-state index contributed by atoms with van der Waals surface area (Å²) in [6, 6.07) is 8.20. The van der Waals surface area contributed by atoms with Gasteiger partial charge in [-0.15, -0.1) is 0 Å². The van der Waals surface area contributed by atoms with Crippen LogP contribution in [0, 0.1) is 0 Å². The molecule has 0 saturated carbocycles. The van der Waals surface area contributed by atoms with Crippen molar-refractivity contribution in [2.24, 2.45) is 0 Å². The normalized spacial score (nSPS) is 19.7. The van der Waals surface area contributed by atoms with Crippen molar-refractivity contribution in [2.45, 2.75) is 12.8 Å². The Labute approximate surface area is 126 Å². The maximum Gasteiger partial charge on any atom is 0.238 e. The number of amides is 1. The Kier molecular flexibility index (Phi) is 4.72. The number of hydrogen-bond donors (Lipinski definition) is 2. The van der Waals surface area contributed by atoms with Crippen molar-refractivity contribution in [3.63, 3.8) is 0 Å². The monoisotopic (exact) mass is 288 g/mol. The molecule has 1 aromatic rings. The van der Waals surface area contributed by atoms with Crippen molar-refractivity contribution in [3.05, 3.63) is 24.3 Å². The number of benzene rings is 1. The minimum absolute atomic E-state index is 0.0791. The highest BCUT2D eigenvalue weighted by atomic mass is 16.2. The largest absolute Gasteiger partial charge is 0.371 e. The molecule has 0 atom stereocenters. The molecule has 2 aliphatic heterocycles. The molecule has 5 nitrogen and oxygen atoms in total. The van der Waals surface area contributed by atoms with Gasteiger partial charge in [0.05, 0.1) is 6.54 Å². The number of rotatable bonds is 4. The number of nitrogens with one attached hydrogen (secondary N) is 2. The predicted molar refractivity (Wildman–Crippen MR) is 85.8 cm³/mol. The SMILES string of the molecule is O=C(CN1CCNCC1)Nc1cccc(N2CCCC2)c1. The summed E-state index contributed by atoms with van der Waals surface area (Å²) in [5.74, 6) is 0.0791. The molecule has 21 heavy (non-hydrogen) atoms. The van der Waals surface area contributed by atoms with E-state index < -0.39 is 0 Å². The lowest BCUT2D eigenvalue weighted by Crippen LogP contribution is -2.46. The average molecular weight is 288 g/mol. The fourth-order valence-corrected chi connectivity index (χ4v) is 3.03. The zero-order valence-corrected chi connectivity index (χ0v) is 12.5. The zero-order chi connectivity index (χ0) is 14.5. The molecule has 0 radical (unpaired) electrons. The van der Waals surface area contributed by atoms with E-state index >= 15 is 0 Å². The fourth-order valence-electron chi connectivity index (χ4n) is 3.03. The minimum atomic E-state index is 0.0791. The molecule has 3 rings (SSSR count). The van der Waals surface area contributed by atoms with Crippen LogP contribution in [-0.2, 0) is 4.79 Å². The van der Waals surface area contributed by atoms with Crippen LogP contribution >= 0.6 is 0 Å². The van der Waals surface area contributed by atoms with Gasteiger partial charge in [0.25, 0.3) is 0 Å². The summed E-state index contributed by atoms with van der Waals surface area (Å²) in [6.07, 6.45) is 2.53. The van der Waals surface area contributed by atoms with Crippen molar-refractivity contribution in [1.29, 1.82) is 0 Å². The van der Waals surface area contributed by atoms with Gasteiger partial charge in [-0.05, 0) is 31.0 Å².